The van der Waals surface area contributed by atoms with Crippen LogP contribution in [0.1, 0.15) is 26.7 Å². The minimum Gasteiger partial charge on any atom is -0.451 e. The summed E-state index contributed by atoms with van der Waals surface area (Å²) in [6.07, 6.45) is 0.712. The Kier molecular flexibility index (Phi) is 4.01. The van der Waals surface area contributed by atoms with Gasteiger partial charge in [-0.15, -0.1) is 11.3 Å². The maximum absolute atomic E-state index is 12.5. The number of para-hydroxylation sites is 1. The maximum Gasteiger partial charge on any atom is 0.287 e. The zero-order valence-corrected chi connectivity index (χ0v) is 14.9. The van der Waals surface area contributed by atoms with Gasteiger partial charge in [-0.1, -0.05) is 23.8 Å². The number of rotatable bonds is 4. The van der Waals surface area contributed by atoms with Gasteiger partial charge in [-0.25, -0.2) is 4.98 Å². The van der Waals surface area contributed by atoms with Crippen molar-refractivity contribution in [1.29, 1.82) is 0 Å². The van der Waals surface area contributed by atoms with Gasteiger partial charge in [0.15, 0.2) is 5.76 Å². The van der Waals surface area contributed by atoms with Gasteiger partial charge < -0.3 is 9.73 Å². The van der Waals surface area contributed by atoms with E-state index in [1.165, 1.54) is 4.70 Å². The molecule has 1 amide bonds. The molecule has 1 N–H and O–H groups in total. The Balaban J connectivity index is 1.46. The minimum absolute atomic E-state index is 0.174. The summed E-state index contributed by atoms with van der Waals surface area (Å²) in [6, 6.07) is 14.0. The smallest absolute Gasteiger partial charge is 0.287 e. The fourth-order valence-electron chi connectivity index (χ4n) is 2.94. The predicted molar refractivity (Wildman–Crippen MR) is 101 cm³/mol. The number of fused-ring (bicyclic) bond motifs is 2. The number of nitrogens with one attached hydrogen (secondary N) is 1. The Morgan fingerprint density at radius 1 is 1.20 bits per heavy atom. The Bertz CT molecular complexity index is 1040. The van der Waals surface area contributed by atoms with Crippen molar-refractivity contribution < 1.29 is 9.21 Å². The normalized spacial score (nSPS) is 11.3. The summed E-state index contributed by atoms with van der Waals surface area (Å²) in [5, 5.41) is 4.97. The Hall–Kier alpha value is -2.66. The highest BCUT2D eigenvalue weighted by Crippen LogP contribution is 2.26. The fraction of sp³-hybridized carbons (Fsp3) is 0.200. The molecule has 0 saturated heterocycles. The second-order valence-corrected chi connectivity index (χ2v) is 7.25. The Morgan fingerprint density at radius 2 is 2.04 bits per heavy atom. The van der Waals surface area contributed by atoms with E-state index in [0.717, 1.165) is 32.6 Å². The third-order valence-electron chi connectivity index (χ3n) is 4.26. The Labute approximate surface area is 149 Å². The molecular formula is C20H18N2O2S. The van der Waals surface area contributed by atoms with Gasteiger partial charge in [-0.05, 0) is 38.1 Å². The standard InChI is InChI=1S/C20H18N2O2S/c1-12-7-8-16-14(11-12)13(2)19(24-16)20(23)21-10-9-18-22-15-5-3-4-6-17(15)25-18/h3-8,11H,9-10H2,1-2H3,(H,21,23). The second-order valence-electron chi connectivity index (χ2n) is 6.14. The molecule has 2 aromatic heterocycles. The number of amides is 1. The molecular weight excluding hydrogens is 332 g/mol. The SMILES string of the molecule is Cc1ccc2oc(C(=O)NCCc3nc4ccccc4s3)c(C)c2c1. The predicted octanol–water partition coefficient (Wildman–Crippen LogP) is 4.63. The summed E-state index contributed by atoms with van der Waals surface area (Å²) in [5.41, 5.74) is 3.80. The van der Waals surface area contributed by atoms with Crippen LogP contribution in [0.5, 0.6) is 0 Å². The number of thiazole rings is 1. The largest absolute Gasteiger partial charge is 0.451 e. The molecule has 25 heavy (non-hydrogen) atoms. The molecule has 4 aromatic rings. The van der Waals surface area contributed by atoms with E-state index >= 15 is 0 Å². The summed E-state index contributed by atoms with van der Waals surface area (Å²) in [5.74, 6) is 0.220. The lowest BCUT2D eigenvalue weighted by Crippen LogP contribution is -2.25. The summed E-state index contributed by atoms with van der Waals surface area (Å²) in [4.78, 5) is 17.0. The number of hydrogen-bond donors (Lipinski definition) is 1. The number of aryl methyl sites for hydroxylation is 2. The van der Waals surface area contributed by atoms with Crippen molar-refractivity contribution in [3.8, 4) is 0 Å². The van der Waals surface area contributed by atoms with Crippen molar-refractivity contribution in [2.24, 2.45) is 0 Å². The molecule has 0 spiro atoms. The van der Waals surface area contributed by atoms with Crippen molar-refractivity contribution in [1.82, 2.24) is 10.3 Å². The monoisotopic (exact) mass is 350 g/mol. The van der Waals surface area contributed by atoms with E-state index in [0.29, 0.717) is 18.7 Å². The van der Waals surface area contributed by atoms with Crippen LogP contribution < -0.4 is 5.32 Å². The van der Waals surface area contributed by atoms with E-state index in [-0.39, 0.29) is 5.91 Å². The fourth-order valence-corrected chi connectivity index (χ4v) is 3.91. The first-order chi connectivity index (χ1) is 12.1. The molecule has 2 heterocycles. The molecule has 5 heteroatoms. The van der Waals surface area contributed by atoms with Crippen LogP contribution in [0, 0.1) is 13.8 Å². The topological polar surface area (TPSA) is 55.1 Å². The van der Waals surface area contributed by atoms with Gasteiger partial charge in [-0.3, -0.25) is 4.79 Å². The molecule has 0 atom stereocenters. The van der Waals surface area contributed by atoms with E-state index < -0.39 is 0 Å². The van der Waals surface area contributed by atoms with Crippen molar-refractivity contribution in [2.45, 2.75) is 20.3 Å². The third-order valence-corrected chi connectivity index (χ3v) is 5.36. The van der Waals surface area contributed by atoms with Crippen molar-refractivity contribution in [3.05, 3.63) is 64.4 Å². The van der Waals surface area contributed by atoms with E-state index in [1.54, 1.807) is 11.3 Å². The van der Waals surface area contributed by atoms with Crippen molar-refractivity contribution in [2.75, 3.05) is 6.54 Å². The molecule has 0 saturated carbocycles. The maximum atomic E-state index is 12.5. The highest BCUT2D eigenvalue weighted by Gasteiger charge is 2.17. The van der Waals surface area contributed by atoms with Gasteiger partial charge in [0.2, 0.25) is 0 Å². The van der Waals surface area contributed by atoms with Crippen LogP contribution in [0.4, 0.5) is 0 Å². The number of carbonyl (C=O) groups is 1. The first-order valence-corrected chi connectivity index (χ1v) is 9.06. The number of benzene rings is 2. The van der Waals surface area contributed by atoms with Crippen LogP contribution in [0.25, 0.3) is 21.2 Å². The zero-order chi connectivity index (χ0) is 17.4. The average molecular weight is 350 g/mol. The highest BCUT2D eigenvalue weighted by molar-refractivity contribution is 7.18. The van der Waals surface area contributed by atoms with Gasteiger partial charge in [0.25, 0.3) is 5.91 Å². The number of furan rings is 1. The van der Waals surface area contributed by atoms with Gasteiger partial charge in [0.1, 0.15) is 5.58 Å². The molecule has 2 aromatic carbocycles. The van der Waals surface area contributed by atoms with Crippen LogP contribution >= 0.6 is 11.3 Å². The number of aromatic nitrogens is 1. The number of hydrogen-bond acceptors (Lipinski definition) is 4. The molecule has 0 aliphatic rings. The lowest BCUT2D eigenvalue weighted by atomic mass is 10.1. The number of nitrogens with zero attached hydrogens (tertiary/aromatic N) is 1. The summed E-state index contributed by atoms with van der Waals surface area (Å²) in [7, 11) is 0. The van der Waals surface area contributed by atoms with E-state index in [1.807, 2.05) is 50.2 Å². The molecule has 4 rings (SSSR count). The first-order valence-electron chi connectivity index (χ1n) is 8.24. The minimum atomic E-state index is -0.174. The summed E-state index contributed by atoms with van der Waals surface area (Å²) < 4.78 is 6.91. The van der Waals surface area contributed by atoms with Crippen LogP contribution in [0.3, 0.4) is 0 Å². The van der Waals surface area contributed by atoms with E-state index in [4.69, 9.17) is 4.42 Å². The molecule has 0 unspecified atom stereocenters. The van der Waals surface area contributed by atoms with Crippen molar-refractivity contribution >= 4 is 38.4 Å². The quantitative estimate of drug-likeness (QED) is 0.584. The van der Waals surface area contributed by atoms with Crippen LogP contribution in [0.2, 0.25) is 0 Å². The summed E-state index contributed by atoms with van der Waals surface area (Å²) >= 11 is 1.67. The summed E-state index contributed by atoms with van der Waals surface area (Å²) in [6.45, 7) is 4.49. The first kappa shape index (κ1) is 15.8. The van der Waals surface area contributed by atoms with E-state index in [9.17, 15) is 4.79 Å². The average Bonchev–Trinajstić information content (AvgIpc) is 3.16. The highest BCUT2D eigenvalue weighted by atomic mass is 32.1. The van der Waals surface area contributed by atoms with Gasteiger partial charge >= 0.3 is 0 Å². The zero-order valence-electron chi connectivity index (χ0n) is 14.1. The van der Waals surface area contributed by atoms with Gasteiger partial charge in [0, 0.05) is 23.9 Å². The van der Waals surface area contributed by atoms with Crippen LogP contribution in [-0.4, -0.2) is 17.4 Å². The molecule has 0 aliphatic carbocycles. The lowest BCUT2D eigenvalue weighted by molar-refractivity contribution is 0.0928. The lowest BCUT2D eigenvalue weighted by Gasteiger charge is -2.02. The van der Waals surface area contributed by atoms with Gasteiger partial charge in [0.05, 0.1) is 15.2 Å². The number of carbonyl (C=O) groups excluding carboxylic acids is 1. The van der Waals surface area contributed by atoms with Crippen molar-refractivity contribution in [3.63, 3.8) is 0 Å². The molecule has 0 fully saturated rings. The molecule has 0 aliphatic heterocycles. The molecule has 126 valence electrons. The Morgan fingerprint density at radius 3 is 2.88 bits per heavy atom. The molecule has 0 bridgehead atoms. The van der Waals surface area contributed by atoms with Crippen LogP contribution in [0.15, 0.2) is 46.9 Å². The van der Waals surface area contributed by atoms with Gasteiger partial charge in [-0.2, -0.15) is 0 Å². The second kappa shape index (κ2) is 6.33. The third kappa shape index (κ3) is 3.03. The van der Waals surface area contributed by atoms with E-state index in [2.05, 4.69) is 16.4 Å². The molecule has 0 radical (unpaired) electrons. The molecule has 4 nitrogen and oxygen atoms in total. The van der Waals surface area contributed by atoms with Crippen LogP contribution in [-0.2, 0) is 6.42 Å².